The van der Waals surface area contributed by atoms with Gasteiger partial charge < -0.3 is 9.26 Å². The molecule has 23 heavy (non-hydrogen) atoms. The van der Waals surface area contributed by atoms with Gasteiger partial charge in [-0.3, -0.25) is 9.36 Å². The van der Waals surface area contributed by atoms with Crippen molar-refractivity contribution < 1.29 is 18.6 Å². The van der Waals surface area contributed by atoms with Crippen LogP contribution in [-0.2, 0) is 18.6 Å². The number of ether oxygens (including phenoxy) is 1. The summed E-state index contributed by atoms with van der Waals surface area (Å²) in [5.74, 6) is 0. The molecular formula is C15H29Cl2O4PS. The molecule has 0 aromatic carbocycles. The van der Waals surface area contributed by atoms with Crippen LogP contribution in [0.25, 0.3) is 0 Å². The summed E-state index contributed by atoms with van der Waals surface area (Å²) in [5.41, 5.74) is 0. The molecular weight excluding hydrogens is 378 g/mol. The lowest BCUT2D eigenvalue weighted by Crippen LogP contribution is -2.20. The Morgan fingerprint density at radius 1 is 1.04 bits per heavy atom. The van der Waals surface area contributed by atoms with Crippen LogP contribution in [0.5, 0.6) is 0 Å². The van der Waals surface area contributed by atoms with E-state index in [2.05, 4.69) is 6.92 Å². The first-order valence-corrected chi connectivity index (χ1v) is 12.6. The van der Waals surface area contributed by atoms with E-state index in [0.29, 0.717) is 19.6 Å². The van der Waals surface area contributed by atoms with E-state index in [4.69, 9.17) is 31.7 Å². The highest BCUT2D eigenvalue weighted by Gasteiger charge is 2.21. The van der Waals surface area contributed by atoms with Crippen LogP contribution in [0.15, 0.2) is 0 Å². The van der Waals surface area contributed by atoms with Gasteiger partial charge in [-0.1, -0.05) is 57.7 Å². The van der Waals surface area contributed by atoms with Crippen LogP contribution in [0.1, 0.15) is 65.2 Å². The molecule has 0 aliphatic rings. The SMILES string of the molecule is CCCCCCCCOC[C@H](COP(=O)(Cl)Cl)SC(=O)CCC. The van der Waals surface area contributed by atoms with Crippen LogP contribution < -0.4 is 0 Å². The van der Waals surface area contributed by atoms with Gasteiger partial charge >= 0.3 is 6.07 Å². The monoisotopic (exact) mass is 406 g/mol. The lowest BCUT2D eigenvalue weighted by molar-refractivity contribution is -0.111. The summed E-state index contributed by atoms with van der Waals surface area (Å²) in [6.07, 6.45) is 4.91. The zero-order chi connectivity index (χ0) is 17.6. The second kappa shape index (κ2) is 15.0. The minimum Gasteiger partial charge on any atom is -0.380 e. The van der Waals surface area contributed by atoms with Crippen molar-refractivity contribution in [3.8, 4) is 0 Å². The van der Waals surface area contributed by atoms with Crippen molar-refractivity contribution in [2.24, 2.45) is 0 Å². The minimum atomic E-state index is -3.57. The molecule has 0 aromatic heterocycles. The Morgan fingerprint density at radius 2 is 1.70 bits per heavy atom. The maximum absolute atomic E-state index is 11.7. The third-order valence-electron chi connectivity index (χ3n) is 3.11. The van der Waals surface area contributed by atoms with Gasteiger partial charge in [-0.25, -0.2) is 0 Å². The van der Waals surface area contributed by atoms with Gasteiger partial charge in [-0.05, 0) is 35.3 Å². The van der Waals surface area contributed by atoms with E-state index in [0.717, 1.165) is 31.0 Å². The van der Waals surface area contributed by atoms with E-state index < -0.39 is 6.07 Å². The largest absolute Gasteiger partial charge is 0.380 e. The lowest BCUT2D eigenvalue weighted by Gasteiger charge is -2.16. The highest BCUT2D eigenvalue weighted by atomic mass is 35.9. The zero-order valence-corrected chi connectivity index (χ0v) is 17.3. The maximum Gasteiger partial charge on any atom is 0.380 e. The third-order valence-corrected chi connectivity index (χ3v) is 5.22. The molecule has 0 N–H and O–H groups in total. The molecule has 0 saturated carbocycles. The molecule has 8 heteroatoms. The van der Waals surface area contributed by atoms with Crippen molar-refractivity contribution in [1.29, 1.82) is 0 Å². The zero-order valence-electron chi connectivity index (χ0n) is 14.1. The number of carbonyl (C=O) groups is 1. The van der Waals surface area contributed by atoms with Crippen molar-refractivity contribution in [2.75, 3.05) is 19.8 Å². The molecule has 0 spiro atoms. The summed E-state index contributed by atoms with van der Waals surface area (Å²) in [6.45, 7) is 5.21. The molecule has 0 saturated heterocycles. The fourth-order valence-electron chi connectivity index (χ4n) is 1.93. The van der Waals surface area contributed by atoms with Crippen LogP contribution in [0.2, 0.25) is 0 Å². The number of hydrogen-bond acceptors (Lipinski definition) is 5. The number of carbonyl (C=O) groups excluding carboxylic acids is 1. The Balaban J connectivity index is 3.95. The van der Waals surface area contributed by atoms with Gasteiger partial charge in [0, 0.05) is 13.0 Å². The van der Waals surface area contributed by atoms with E-state index >= 15 is 0 Å². The van der Waals surface area contributed by atoms with Crippen LogP contribution >= 0.6 is 40.3 Å². The molecule has 0 amide bonds. The fraction of sp³-hybridized carbons (Fsp3) is 0.933. The Hall–Kier alpha value is 0.750. The standard InChI is InChI=1S/C15H29Cl2O4PS/c1-3-5-6-7-8-9-11-20-12-14(13-21-22(16,17)19)23-15(18)10-4-2/h14H,3-13H2,1-2H3/t14-/m1/s1. The van der Waals surface area contributed by atoms with Gasteiger partial charge in [0.2, 0.25) is 0 Å². The molecule has 0 unspecified atom stereocenters. The second-order valence-electron chi connectivity index (χ2n) is 5.41. The summed E-state index contributed by atoms with van der Waals surface area (Å²) < 4.78 is 21.7. The predicted molar refractivity (Wildman–Crippen MR) is 101 cm³/mol. The van der Waals surface area contributed by atoms with E-state index in [1.165, 1.54) is 25.7 Å². The quantitative estimate of drug-likeness (QED) is 0.232. The molecule has 138 valence electrons. The molecule has 0 bridgehead atoms. The van der Waals surface area contributed by atoms with Crippen molar-refractivity contribution in [3.63, 3.8) is 0 Å². The number of hydrogen-bond donors (Lipinski definition) is 0. The van der Waals surface area contributed by atoms with Crippen LogP contribution in [-0.4, -0.2) is 30.2 Å². The average molecular weight is 407 g/mol. The van der Waals surface area contributed by atoms with Gasteiger partial charge in [-0.15, -0.1) is 0 Å². The van der Waals surface area contributed by atoms with Crippen LogP contribution in [0.3, 0.4) is 0 Å². The molecule has 0 fully saturated rings. The summed E-state index contributed by atoms with van der Waals surface area (Å²) in [5, 5.41) is -0.164. The molecule has 0 radical (unpaired) electrons. The van der Waals surface area contributed by atoms with Gasteiger partial charge in [0.25, 0.3) is 0 Å². The topological polar surface area (TPSA) is 52.6 Å². The van der Waals surface area contributed by atoms with Crippen LogP contribution in [0.4, 0.5) is 0 Å². The van der Waals surface area contributed by atoms with Crippen LogP contribution in [0, 0.1) is 0 Å². The first kappa shape index (κ1) is 23.8. The van der Waals surface area contributed by atoms with Gasteiger partial charge in [0.1, 0.15) is 0 Å². The van der Waals surface area contributed by atoms with E-state index in [9.17, 15) is 9.36 Å². The molecule has 0 rings (SSSR count). The van der Waals surface area contributed by atoms with Crippen molar-refractivity contribution in [2.45, 2.75) is 70.5 Å². The number of unbranched alkanes of at least 4 members (excludes halogenated alkanes) is 5. The molecule has 0 aliphatic carbocycles. The van der Waals surface area contributed by atoms with Crippen molar-refractivity contribution in [1.82, 2.24) is 0 Å². The smallest absolute Gasteiger partial charge is 0.380 e. The normalized spacial score (nSPS) is 13.2. The average Bonchev–Trinajstić information content (AvgIpc) is 2.46. The van der Waals surface area contributed by atoms with E-state index in [1.54, 1.807) is 0 Å². The van der Waals surface area contributed by atoms with Crippen molar-refractivity contribution >= 4 is 45.4 Å². The Morgan fingerprint density at radius 3 is 2.30 bits per heavy atom. The highest BCUT2D eigenvalue weighted by Crippen LogP contribution is 2.57. The fourth-order valence-corrected chi connectivity index (χ4v) is 3.72. The van der Waals surface area contributed by atoms with Gasteiger partial charge in [-0.2, -0.15) is 0 Å². The highest BCUT2D eigenvalue weighted by molar-refractivity contribution is 8.14. The number of halogens is 2. The third kappa shape index (κ3) is 17.4. The Bertz CT molecular complexity index is 352. The lowest BCUT2D eigenvalue weighted by atomic mass is 10.1. The Labute approximate surface area is 154 Å². The summed E-state index contributed by atoms with van der Waals surface area (Å²) in [4.78, 5) is 11.7. The summed E-state index contributed by atoms with van der Waals surface area (Å²) in [7, 11) is 0. The predicted octanol–water partition coefficient (Wildman–Crippen LogP) is 6.39. The molecule has 0 heterocycles. The first-order chi connectivity index (χ1) is 10.9. The van der Waals surface area contributed by atoms with E-state index in [1.807, 2.05) is 6.92 Å². The van der Waals surface area contributed by atoms with E-state index in [-0.39, 0.29) is 17.0 Å². The summed E-state index contributed by atoms with van der Waals surface area (Å²) in [6, 6.07) is 0. The van der Waals surface area contributed by atoms with Gasteiger partial charge in [0.15, 0.2) is 5.12 Å². The molecule has 0 aromatic rings. The van der Waals surface area contributed by atoms with Gasteiger partial charge in [0.05, 0.1) is 18.5 Å². The maximum atomic E-state index is 11.7. The molecule has 4 nitrogen and oxygen atoms in total. The first-order valence-electron chi connectivity index (χ1n) is 8.30. The number of thioether (sulfide) groups is 1. The van der Waals surface area contributed by atoms with Crippen molar-refractivity contribution in [3.05, 3.63) is 0 Å². The molecule has 1 atom stereocenters. The number of rotatable bonds is 15. The minimum absolute atomic E-state index is 0.0426. The Kier molecular flexibility index (Phi) is 15.5. The second-order valence-corrected chi connectivity index (χ2v) is 11.0. The summed E-state index contributed by atoms with van der Waals surface area (Å²) >= 11 is 11.9. The molecule has 0 aliphatic heterocycles.